The number of benzene rings is 2. The fraction of sp³-hybridized carbons (Fsp3) is 0.0769. The Hall–Kier alpha value is -1.81. The molecule has 0 heterocycles. The molecule has 0 bridgehead atoms. The van der Waals surface area contributed by atoms with Crippen LogP contribution < -0.4 is 0 Å². The van der Waals surface area contributed by atoms with Gasteiger partial charge in [-0.1, -0.05) is 30.3 Å². The van der Waals surface area contributed by atoms with E-state index in [1.54, 1.807) is 48.5 Å². The minimum Gasteiger partial charge on any atom is -0.508 e. The highest BCUT2D eigenvalue weighted by Crippen LogP contribution is 2.29. The van der Waals surface area contributed by atoms with Gasteiger partial charge in [0.1, 0.15) is 5.75 Å². The van der Waals surface area contributed by atoms with Crippen molar-refractivity contribution in [1.29, 1.82) is 0 Å². The third-order valence-electron chi connectivity index (χ3n) is 2.44. The molecule has 0 aromatic heterocycles. The Bertz CT molecular complexity index is 645. The van der Waals surface area contributed by atoms with Crippen molar-refractivity contribution in [2.45, 2.75) is 4.90 Å². The van der Waals surface area contributed by atoms with Crippen molar-refractivity contribution in [2.75, 3.05) is 6.26 Å². The number of aromatic hydroxyl groups is 1. The molecule has 0 amide bonds. The maximum Gasteiger partial charge on any atom is 0.176 e. The van der Waals surface area contributed by atoms with Crippen LogP contribution in [0.2, 0.25) is 0 Å². The summed E-state index contributed by atoms with van der Waals surface area (Å²) in [7, 11) is -3.28. The summed E-state index contributed by atoms with van der Waals surface area (Å²) in [6.45, 7) is 0. The quantitative estimate of drug-likeness (QED) is 0.888. The predicted molar refractivity (Wildman–Crippen MR) is 66.7 cm³/mol. The van der Waals surface area contributed by atoms with Crippen LogP contribution in [0.5, 0.6) is 5.75 Å². The third kappa shape index (κ3) is 2.47. The van der Waals surface area contributed by atoms with E-state index in [4.69, 9.17) is 0 Å². The molecule has 2 aromatic rings. The zero-order chi connectivity index (χ0) is 12.5. The largest absolute Gasteiger partial charge is 0.508 e. The number of hydrogen-bond donors (Lipinski definition) is 1. The second-order valence-electron chi connectivity index (χ2n) is 3.82. The first-order valence-corrected chi connectivity index (χ1v) is 6.96. The first-order chi connectivity index (χ1) is 7.98. The molecule has 88 valence electrons. The predicted octanol–water partition coefficient (Wildman–Crippen LogP) is 2.46. The van der Waals surface area contributed by atoms with Gasteiger partial charge >= 0.3 is 0 Å². The van der Waals surface area contributed by atoms with Gasteiger partial charge in [0.25, 0.3) is 0 Å². The fourth-order valence-electron chi connectivity index (χ4n) is 1.70. The average molecular weight is 248 g/mol. The minimum absolute atomic E-state index is 0.116. The lowest BCUT2D eigenvalue weighted by molar-refractivity contribution is 0.475. The molecule has 0 spiro atoms. The van der Waals surface area contributed by atoms with Gasteiger partial charge in [-0.2, -0.15) is 0 Å². The summed E-state index contributed by atoms with van der Waals surface area (Å²) in [5.74, 6) is 0.116. The van der Waals surface area contributed by atoms with Crippen LogP contribution in [-0.4, -0.2) is 19.8 Å². The van der Waals surface area contributed by atoms with E-state index in [2.05, 4.69) is 0 Å². The zero-order valence-electron chi connectivity index (χ0n) is 9.29. The normalized spacial score (nSPS) is 11.4. The lowest BCUT2D eigenvalue weighted by Crippen LogP contribution is -1.99. The first-order valence-electron chi connectivity index (χ1n) is 5.07. The Morgan fingerprint density at radius 2 is 1.71 bits per heavy atom. The standard InChI is InChI=1S/C13H12O3S/c1-17(15,16)13-8-3-2-7-12(13)10-5-4-6-11(14)9-10/h2-9,14H,1H3. The highest BCUT2D eigenvalue weighted by molar-refractivity contribution is 7.90. The second-order valence-corrected chi connectivity index (χ2v) is 5.80. The molecule has 2 aromatic carbocycles. The van der Waals surface area contributed by atoms with Crippen LogP contribution in [-0.2, 0) is 9.84 Å². The number of sulfone groups is 1. The van der Waals surface area contributed by atoms with Crippen LogP contribution >= 0.6 is 0 Å². The molecule has 2 rings (SSSR count). The Labute approximate surface area is 100 Å². The topological polar surface area (TPSA) is 54.4 Å². The SMILES string of the molecule is CS(=O)(=O)c1ccccc1-c1cccc(O)c1. The van der Waals surface area contributed by atoms with Crippen molar-refractivity contribution < 1.29 is 13.5 Å². The minimum atomic E-state index is -3.28. The monoisotopic (exact) mass is 248 g/mol. The van der Waals surface area contributed by atoms with Gasteiger partial charge in [0.05, 0.1) is 4.90 Å². The summed E-state index contributed by atoms with van der Waals surface area (Å²) >= 11 is 0. The summed E-state index contributed by atoms with van der Waals surface area (Å²) < 4.78 is 23.3. The van der Waals surface area contributed by atoms with Crippen LogP contribution in [0.25, 0.3) is 11.1 Å². The van der Waals surface area contributed by atoms with E-state index in [9.17, 15) is 13.5 Å². The van der Waals surface area contributed by atoms with Crippen molar-refractivity contribution in [3.05, 3.63) is 48.5 Å². The summed E-state index contributed by atoms with van der Waals surface area (Å²) in [5.41, 5.74) is 1.29. The molecule has 0 unspecified atom stereocenters. The van der Waals surface area contributed by atoms with E-state index in [-0.39, 0.29) is 10.6 Å². The van der Waals surface area contributed by atoms with Gasteiger partial charge in [0.15, 0.2) is 9.84 Å². The van der Waals surface area contributed by atoms with E-state index >= 15 is 0 Å². The van der Waals surface area contributed by atoms with E-state index in [1.807, 2.05) is 0 Å². The van der Waals surface area contributed by atoms with Gasteiger partial charge in [-0.25, -0.2) is 8.42 Å². The maximum atomic E-state index is 11.6. The van der Waals surface area contributed by atoms with Gasteiger partial charge in [-0.3, -0.25) is 0 Å². The van der Waals surface area contributed by atoms with E-state index < -0.39 is 9.84 Å². The molecule has 1 N–H and O–H groups in total. The van der Waals surface area contributed by atoms with Gasteiger partial charge in [0.2, 0.25) is 0 Å². The van der Waals surface area contributed by atoms with Crippen LogP contribution in [0.1, 0.15) is 0 Å². The van der Waals surface area contributed by atoms with Crippen molar-refractivity contribution in [3.63, 3.8) is 0 Å². The molecule has 0 atom stereocenters. The van der Waals surface area contributed by atoms with E-state index in [0.29, 0.717) is 11.1 Å². The highest BCUT2D eigenvalue weighted by atomic mass is 32.2. The summed E-state index contributed by atoms with van der Waals surface area (Å²) in [5, 5.41) is 9.42. The van der Waals surface area contributed by atoms with Gasteiger partial charge < -0.3 is 5.11 Å². The molecule has 0 saturated carbocycles. The van der Waals surface area contributed by atoms with Gasteiger partial charge in [-0.05, 0) is 23.8 Å². The van der Waals surface area contributed by atoms with Crippen molar-refractivity contribution >= 4 is 9.84 Å². The van der Waals surface area contributed by atoms with Crippen LogP contribution in [0.4, 0.5) is 0 Å². The lowest BCUT2D eigenvalue weighted by Gasteiger charge is -2.08. The van der Waals surface area contributed by atoms with Crippen LogP contribution in [0, 0.1) is 0 Å². The second kappa shape index (κ2) is 4.22. The molecule has 0 aliphatic rings. The molecule has 0 saturated heterocycles. The molecular weight excluding hydrogens is 236 g/mol. The number of rotatable bonds is 2. The molecule has 17 heavy (non-hydrogen) atoms. The van der Waals surface area contributed by atoms with Crippen molar-refractivity contribution in [3.8, 4) is 16.9 Å². The molecule has 0 fully saturated rings. The van der Waals surface area contributed by atoms with E-state index in [1.165, 1.54) is 6.26 Å². The molecule has 0 aliphatic carbocycles. The Morgan fingerprint density at radius 1 is 1.00 bits per heavy atom. The average Bonchev–Trinajstić information content (AvgIpc) is 2.28. The van der Waals surface area contributed by atoms with Crippen molar-refractivity contribution in [2.24, 2.45) is 0 Å². The molecular formula is C13H12O3S. The van der Waals surface area contributed by atoms with Gasteiger partial charge in [-0.15, -0.1) is 0 Å². The summed E-state index contributed by atoms with van der Waals surface area (Å²) in [4.78, 5) is 0.269. The molecule has 0 radical (unpaired) electrons. The van der Waals surface area contributed by atoms with Crippen LogP contribution in [0.3, 0.4) is 0 Å². The number of phenolic OH excluding ortho intramolecular Hbond substituents is 1. The number of phenols is 1. The molecule has 0 aliphatic heterocycles. The van der Waals surface area contributed by atoms with Crippen LogP contribution in [0.15, 0.2) is 53.4 Å². The zero-order valence-corrected chi connectivity index (χ0v) is 10.1. The summed E-state index contributed by atoms with van der Waals surface area (Å²) in [6, 6.07) is 13.3. The summed E-state index contributed by atoms with van der Waals surface area (Å²) in [6.07, 6.45) is 1.18. The highest BCUT2D eigenvalue weighted by Gasteiger charge is 2.13. The van der Waals surface area contributed by atoms with E-state index in [0.717, 1.165) is 0 Å². The molecule has 4 heteroatoms. The Kier molecular flexibility index (Phi) is 2.90. The Balaban J connectivity index is 2.69. The third-order valence-corrected chi connectivity index (χ3v) is 3.60. The molecule has 3 nitrogen and oxygen atoms in total. The number of hydrogen-bond acceptors (Lipinski definition) is 3. The Morgan fingerprint density at radius 3 is 2.35 bits per heavy atom. The lowest BCUT2D eigenvalue weighted by atomic mass is 10.1. The fourth-order valence-corrected chi connectivity index (χ4v) is 2.61. The first kappa shape index (κ1) is 11.7. The maximum absolute atomic E-state index is 11.6. The van der Waals surface area contributed by atoms with Crippen molar-refractivity contribution in [1.82, 2.24) is 0 Å². The smallest absolute Gasteiger partial charge is 0.176 e. The van der Waals surface area contributed by atoms with Gasteiger partial charge in [0, 0.05) is 11.8 Å².